The lowest BCUT2D eigenvalue weighted by Gasteiger charge is -2.12. The van der Waals surface area contributed by atoms with Crippen molar-refractivity contribution in [3.05, 3.63) is 83.9 Å². The SMILES string of the molecule is COc1cccc(-c2nc3ccccc3n2Cc2ccc(C(C)C)cc2)c1. The van der Waals surface area contributed by atoms with Crippen LogP contribution >= 0.6 is 0 Å². The van der Waals surface area contributed by atoms with Gasteiger partial charge in [-0.1, -0.05) is 62.4 Å². The van der Waals surface area contributed by atoms with Crippen LogP contribution in [0.5, 0.6) is 5.75 Å². The Balaban J connectivity index is 1.80. The van der Waals surface area contributed by atoms with Crippen molar-refractivity contribution < 1.29 is 4.74 Å². The first-order valence-corrected chi connectivity index (χ1v) is 9.34. The van der Waals surface area contributed by atoms with Crippen molar-refractivity contribution in [1.82, 2.24) is 9.55 Å². The van der Waals surface area contributed by atoms with Crippen LogP contribution in [-0.2, 0) is 6.54 Å². The Morgan fingerprint density at radius 3 is 2.44 bits per heavy atom. The highest BCUT2D eigenvalue weighted by molar-refractivity contribution is 5.81. The summed E-state index contributed by atoms with van der Waals surface area (Å²) in [5.74, 6) is 2.34. The number of nitrogens with zero attached hydrogens (tertiary/aromatic N) is 2. The van der Waals surface area contributed by atoms with Gasteiger partial charge < -0.3 is 9.30 Å². The molecule has 0 N–H and O–H groups in total. The van der Waals surface area contributed by atoms with Gasteiger partial charge in [-0.3, -0.25) is 0 Å². The van der Waals surface area contributed by atoms with E-state index in [1.54, 1.807) is 7.11 Å². The molecule has 4 rings (SSSR count). The maximum atomic E-state index is 5.41. The minimum Gasteiger partial charge on any atom is -0.497 e. The molecule has 0 aliphatic heterocycles. The number of ether oxygens (including phenoxy) is 1. The molecule has 27 heavy (non-hydrogen) atoms. The third kappa shape index (κ3) is 3.45. The van der Waals surface area contributed by atoms with E-state index in [0.29, 0.717) is 5.92 Å². The van der Waals surface area contributed by atoms with Crippen LogP contribution in [0.3, 0.4) is 0 Å². The summed E-state index contributed by atoms with van der Waals surface area (Å²) in [5.41, 5.74) is 5.84. The Hall–Kier alpha value is -3.07. The predicted molar refractivity (Wildman–Crippen MR) is 111 cm³/mol. The second kappa shape index (κ2) is 7.28. The molecule has 0 saturated carbocycles. The van der Waals surface area contributed by atoms with Crippen LogP contribution in [0, 0.1) is 0 Å². The molecule has 0 spiro atoms. The fraction of sp³-hybridized carbons (Fsp3) is 0.208. The van der Waals surface area contributed by atoms with Gasteiger partial charge in [0.05, 0.1) is 18.1 Å². The molecular weight excluding hydrogens is 332 g/mol. The van der Waals surface area contributed by atoms with Crippen molar-refractivity contribution in [3.8, 4) is 17.1 Å². The van der Waals surface area contributed by atoms with E-state index in [1.807, 2.05) is 24.3 Å². The van der Waals surface area contributed by atoms with Gasteiger partial charge in [0.25, 0.3) is 0 Å². The third-order valence-corrected chi connectivity index (χ3v) is 4.97. The highest BCUT2D eigenvalue weighted by Gasteiger charge is 2.13. The molecule has 0 radical (unpaired) electrons. The van der Waals surface area contributed by atoms with Gasteiger partial charge in [0.1, 0.15) is 11.6 Å². The molecule has 1 heterocycles. The maximum absolute atomic E-state index is 5.41. The molecule has 3 heteroatoms. The largest absolute Gasteiger partial charge is 0.497 e. The van der Waals surface area contributed by atoms with E-state index >= 15 is 0 Å². The Labute approximate surface area is 160 Å². The fourth-order valence-corrected chi connectivity index (χ4v) is 3.41. The van der Waals surface area contributed by atoms with Gasteiger partial charge in [-0.15, -0.1) is 0 Å². The number of methoxy groups -OCH3 is 1. The summed E-state index contributed by atoms with van der Waals surface area (Å²) in [6.07, 6.45) is 0. The first kappa shape index (κ1) is 17.3. The van der Waals surface area contributed by atoms with Crippen LogP contribution in [0.15, 0.2) is 72.8 Å². The highest BCUT2D eigenvalue weighted by Crippen LogP contribution is 2.28. The van der Waals surface area contributed by atoms with Gasteiger partial charge in [0.15, 0.2) is 0 Å². The highest BCUT2D eigenvalue weighted by atomic mass is 16.5. The molecule has 0 saturated heterocycles. The van der Waals surface area contributed by atoms with E-state index in [2.05, 4.69) is 66.9 Å². The van der Waals surface area contributed by atoms with Crippen LogP contribution < -0.4 is 4.74 Å². The second-order valence-corrected chi connectivity index (χ2v) is 7.14. The summed E-state index contributed by atoms with van der Waals surface area (Å²) in [6, 6.07) is 25.3. The first-order chi connectivity index (χ1) is 13.2. The number of fused-ring (bicyclic) bond motifs is 1. The summed E-state index contributed by atoms with van der Waals surface area (Å²) in [5, 5.41) is 0. The Morgan fingerprint density at radius 2 is 1.70 bits per heavy atom. The van der Waals surface area contributed by atoms with Gasteiger partial charge >= 0.3 is 0 Å². The van der Waals surface area contributed by atoms with E-state index in [-0.39, 0.29) is 0 Å². The molecule has 0 fully saturated rings. The van der Waals surface area contributed by atoms with Crippen molar-refractivity contribution in [1.29, 1.82) is 0 Å². The summed E-state index contributed by atoms with van der Waals surface area (Å²) in [4.78, 5) is 4.91. The number of para-hydroxylation sites is 2. The van der Waals surface area contributed by atoms with Crippen LogP contribution in [0.25, 0.3) is 22.4 Å². The van der Waals surface area contributed by atoms with Crippen LogP contribution in [0.4, 0.5) is 0 Å². The lowest BCUT2D eigenvalue weighted by molar-refractivity contribution is 0.415. The minimum atomic E-state index is 0.542. The average Bonchev–Trinajstić information content (AvgIpc) is 3.07. The molecule has 0 aliphatic carbocycles. The smallest absolute Gasteiger partial charge is 0.141 e. The van der Waals surface area contributed by atoms with Crippen molar-refractivity contribution >= 4 is 11.0 Å². The first-order valence-electron chi connectivity index (χ1n) is 9.34. The second-order valence-electron chi connectivity index (χ2n) is 7.14. The van der Waals surface area contributed by atoms with Gasteiger partial charge in [0, 0.05) is 12.1 Å². The number of aromatic nitrogens is 2. The molecule has 3 aromatic carbocycles. The molecule has 3 nitrogen and oxygen atoms in total. The Kier molecular flexibility index (Phi) is 4.68. The van der Waals surface area contributed by atoms with E-state index < -0.39 is 0 Å². The van der Waals surface area contributed by atoms with Crippen molar-refractivity contribution in [3.63, 3.8) is 0 Å². The lowest BCUT2D eigenvalue weighted by atomic mass is 10.0. The summed E-state index contributed by atoms with van der Waals surface area (Å²) >= 11 is 0. The Bertz CT molecular complexity index is 1060. The molecular formula is C24H24N2O. The normalized spacial score (nSPS) is 11.3. The van der Waals surface area contributed by atoms with Crippen LogP contribution in [0.2, 0.25) is 0 Å². The van der Waals surface area contributed by atoms with Gasteiger partial charge in [0.2, 0.25) is 0 Å². The number of hydrogen-bond acceptors (Lipinski definition) is 2. The molecule has 1 aromatic heterocycles. The molecule has 136 valence electrons. The summed E-state index contributed by atoms with van der Waals surface area (Å²) < 4.78 is 7.69. The molecule has 0 atom stereocenters. The van der Waals surface area contributed by atoms with Crippen molar-refractivity contribution in [2.75, 3.05) is 7.11 Å². The molecule has 0 amide bonds. The number of benzene rings is 3. The molecule has 4 aromatic rings. The van der Waals surface area contributed by atoms with Crippen molar-refractivity contribution in [2.24, 2.45) is 0 Å². The predicted octanol–water partition coefficient (Wildman–Crippen LogP) is 5.88. The zero-order valence-corrected chi connectivity index (χ0v) is 16.0. The van der Waals surface area contributed by atoms with Crippen LogP contribution in [-0.4, -0.2) is 16.7 Å². The van der Waals surface area contributed by atoms with E-state index in [9.17, 15) is 0 Å². The average molecular weight is 356 g/mol. The number of hydrogen-bond donors (Lipinski definition) is 0. The number of rotatable bonds is 5. The number of imidazole rings is 1. The van der Waals surface area contributed by atoms with E-state index in [1.165, 1.54) is 11.1 Å². The zero-order valence-electron chi connectivity index (χ0n) is 16.0. The van der Waals surface area contributed by atoms with Gasteiger partial charge in [-0.2, -0.15) is 0 Å². The van der Waals surface area contributed by atoms with Gasteiger partial charge in [-0.05, 0) is 41.3 Å². The van der Waals surface area contributed by atoms with Crippen molar-refractivity contribution in [2.45, 2.75) is 26.3 Å². The Morgan fingerprint density at radius 1 is 0.926 bits per heavy atom. The van der Waals surface area contributed by atoms with E-state index in [4.69, 9.17) is 9.72 Å². The standard InChI is InChI=1S/C24H24N2O/c1-17(2)19-13-11-18(12-14-19)16-26-23-10-5-4-9-22(23)25-24(26)20-7-6-8-21(15-20)27-3/h4-15,17H,16H2,1-3H3. The molecule has 0 aliphatic rings. The third-order valence-electron chi connectivity index (χ3n) is 4.97. The summed E-state index contributed by atoms with van der Waals surface area (Å²) in [6.45, 7) is 5.23. The topological polar surface area (TPSA) is 27.1 Å². The summed E-state index contributed by atoms with van der Waals surface area (Å²) in [7, 11) is 1.69. The monoisotopic (exact) mass is 356 g/mol. The molecule has 0 unspecified atom stereocenters. The minimum absolute atomic E-state index is 0.542. The maximum Gasteiger partial charge on any atom is 0.141 e. The lowest BCUT2D eigenvalue weighted by Crippen LogP contribution is -2.02. The fourth-order valence-electron chi connectivity index (χ4n) is 3.41. The quantitative estimate of drug-likeness (QED) is 0.446. The van der Waals surface area contributed by atoms with Crippen LogP contribution in [0.1, 0.15) is 30.9 Å². The van der Waals surface area contributed by atoms with E-state index in [0.717, 1.165) is 34.7 Å². The molecule has 0 bridgehead atoms. The zero-order chi connectivity index (χ0) is 18.8. The van der Waals surface area contributed by atoms with Gasteiger partial charge in [-0.25, -0.2) is 4.98 Å².